The van der Waals surface area contributed by atoms with Crippen LogP contribution in [0.3, 0.4) is 0 Å². The Balaban J connectivity index is 3.06. The van der Waals surface area contributed by atoms with Gasteiger partial charge in [-0.15, -0.1) is 0 Å². The molecule has 3 nitrogen and oxygen atoms in total. The molecule has 0 amide bonds. The minimum absolute atomic E-state index is 0.0787. The summed E-state index contributed by atoms with van der Waals surface area (Å²) >= 11 is 6.14. The van der Waals surface area contributed by atoms with Gasteiger partial charge in [0.2, 0.25) is 0 Å². The number of benzene rings is 1. The van der Waals surface area contributed by atoms with Gasteiger partial charge < -0.3 is 15.2 Å². The molecule has 0 fully saturated rings. The summed E-state index contributed by atoms with van der Waals surface area (Å²) in [6.45, 7) is 8.24. The van der Waals surface area contributed by atoms with E-state index in [9.17, 15) is 0 Å². The van der Waals surface area contributed by atoms with Crippen LogP contribution in [0.1, 0.15) is 33.3 Å². The summed E-state index contributed by atoms with van der Waals surface area (Å²) in [5.41, 5.74) is 6.60. The number of halogens is 1. The number of ether oxygens (including phenoxy) is 2. The van der Waals surface area contributed by atoms with E-state index in [2.05, 4.69) is 0 Å². The third-order valence-electron chi connectivity index (χ3n) is 2.06. The first-order valence-electron chi connectivity index (χ1n) is 5.79. The molecular weight excluding hydrogens is 238 g/mol. The molecule has 96 valence electrons. The Morgan fingerprint density at radius 1 is 1.06 bits per heavy atom. The van der Waals surface area contributed by atoms with Gasteiger partial charge in [-0.25, -0.2) is 0 Å². The van der Waals surface area contributed by atoms with Crippen molar-refractivity contribution in [2.45, 2.75) is 46.4 Å². The van der Waals surface area contributed by atoms with Crippen molar-refractivity contribution in [2.75, 3.05) is 0 Å². The van der Waals surface area contributed by atoms with Gasteiger partial charge in [-0.2, -0.15) is 0 Å². The third-order valence-corrected chi connectivity index (χ3v) is 2.36. The molecule has 17 heavy (non-hydrogen) atoms. The highest BCUT2D eigenvalue weighted by atomic mass is 35.5. The quantitative estimate of drug-likeness (QED) is 0.880. The molecule has 0 unspecified atom stereocenters. The van der Waals surface area contributed by atoms with E-state index in [1.165, 1.54) is 0 Å². The maximum Gasteiger partial charge on any atom is 0.138 e. The Labute approximate surface area is 108 Å². The summed E-state index contributed by atoms with van der Waals surface area (Å²) in [6, 6.07) is 3.61. The lowest BCUT2D eigenvalue weighted by Gasteiger charge is -2.17. The zero-order chi connectivity index (χ0) is 13.0. The molecule has 0 radical (unpaired) electrons. The van der Waals surface area contributed by atoms with Gasteiger partial charge in [0, 0.05) is 18.2 Å². The zero-order valence-electron chi connectivity index (χ0n) is 10.8. The van der Waals surface area contributed by atoms with Gasteiger partial charge in [0.05, 0.1) is 17.2 Å². The second-order valence-corrected chi connectivity index (χ2v) is 4.83. The molecule has 0 saturated heterocycles. The molecule has 0 aliphatic carbocycles. The molecule has 1 aromatic rings. The minimum Gasteiger partial charge on any atom is -0.491 e. The maximum absolute atomic E-state index is 6.14. The second kappa shape index (κ2) is 6.12. The van der Waals surface area contributed by atoms with E-state index in [0.717, 1.165) is 11.3 Å². The van der Waals surface area contributed by atoms with Crippen molar-refractivity contribution in [2.24, 2.45) is 5.73 Å². The summed E-state index contributed by atoms with van der Waals surface area (Å²) in [5, 5.41) is 0.548. The van der Waals surface area contributed by atoms with Gasteiger partial charge in [0.15, 0.2) is 0 Å². The van der Waals surface area contributed by atoms with E-state index in [-0.39, 0.29) is 12.2 Å². The number of rotatable bonds is 5. The predicted octanol–water partition coefficient (Wildman–Crippen LogP) is 3.37. The predicted molar refractivity (Wildman–Crippen MR) is 70.9 cm³/mol. The van der Waals surface area contributed by atoms with Gasteiger partial charge in [0.1, 0.15) is 11.5 Å². The highest BCUT2D eigenvalue weighted by Crippen LogP contribution is 2.33. The van der Waals surface area contributed by atoms with Crippen LogP contribution in [0.2, 0.25) is 5.02 Å². The lowest BCUT2D eigenvalue weighted by Crippen LogP contribution is -2.11. The van der Waals surface area contributed by atoms with Crippen LogP contribution in [0.5, 0.6) is 11.5 Å². The van der Waals surface area contributed by atoms with Crippen molar-refractivity contribution in [1.29, 1.82) is 0 Å². The van der Waals surface area contributed by atoms with E-state index in [4.69, 9.17) is 26.8 Å². The van der Waals surface area contributed by atoms with Crippen LogP contribution in [-0.2, 0) is 6.54 Å². The monoisotopic (exact) mass is 257 g/mol. The van der Waals surface area contributed by atoms with Gasteiger partial charge in [-0.1, -0.05) is 11.6 Å². The SMILES string of the molecule is CC(C)Oc1cc(CN)c(OC(C)C)cc1Cl. The number of hydrogen-bond donors (Lipinski definition) is 1. The van der Waals surface area contributed by atoms with E-state index in [1.807, 2.05) is 33.8 Å². The molecule has 0 atom stereocenters. The first kappa shape index (κ1) is 14.1. The maximum atomic E-state index is 6.14. The van der Waals surface area contributed by atoms with Gasteiger partial charge in [-0.3, -0.25) is 0 Å². The van der Waals surface area contributed by atoms with Crippen LogP contribution < -0.4 is 15.2 Å². The van der Waals surface area contributed by atoms with Gasteiger partial charge in [-0.05, 0) is 33.8 Å². The second-order valence-electron chi connectivity index (χ2n) is 4.43. The van der Waals surface area contributed by atoms with Crippen LogP contribution in [0, 0.1) is 0 Å². The van der Waals surface area contributed by atoms with Gasteiger partial charge >= 0.3 is 0 Å². The molecule has 0 aromatic heterocycles. The van der Waals surface area contributed by atoms with Crippen molar-refractivity contribution in [1.82, 2.24) is 0 Å². The van der Waals surface area contributed by atoms with Crippen LogP contribution >= 0.6 is 11.6 Å². The largest absolute Gasteiger partial charge is 0.491 e. The zero-order valence-corrected chi connectivity index (χ0v) is 11.5. The van der Waals surface area contributed by atoms with Crippen LogP contribution in [0.4, 0.5) is 0 Å². The topological polar surface area (TPSA) is 44.5 Å². The Morgan fingerprint density at radius 2 is 1.59 bits per heavy atom. The molecule has 2 N–H and O–H groups in total. The molecule has 0 bridgehead atoms. The van der Waals surface area contributed by atoms with E-state index >= 15 is 0 Å². The van der Waals surface area contributed by atoms with Gasteiger partial charge in [0.25, 0.3) is 0 Å². The van der Waals surface area contributed by atoms with E-state index < -0.39 is 0 Å². The molecule has 0 aliphatic rings. The Bertz CT molecular complexity index is 378. The fourth-order valence-corrected chi connectivity index (χ4v) is 1.64. The fraction of sp³-hybridized carbons (Fsp3) is 0.538. The minimum atomic E-state index is 0.0787. The van der Waals surface area contributed by atoms with Crippen molar-refractivity contribution in [3.8, 4) is 11.5 Å². The highest BCUT2D eigenvalue weighted by Gasteiger charge is 2.12. The Hall–Kier alpha value is -0.930. The van der Waals surface area contributed by atoms with Crippen LogP contribution in [0.25, 0.3) is 0 Å². The number of nitrogens with two attached hydrogens (primary N) is 1. The smallest absolute Gasteiger partial charge is 0.138 e. The Morgan fingerprint density at radius 3 is 2.06 bits per heavy atom. The van der Waals surface area contributed by atoms with E-state index in [0.29, 0.717) is 17.3 Å². The summed E-state index contributed by atoms with van der Waals surface area (Å²) in [4.78, 5) is 0. The molecule has 0 aliphatic heterocycles. The average molecular weight is 258 g/mol. The molecular formula is C13H20ClNO2. The number of hydrogen-bond acceptors (Lipinski definition) is 3. The molecule has 0 heterocycles. The Kier molecular flexibility index (Phi) is 5.09. The van der Waals surface area contributed by atoms with Crippen molar-refractivity contribution < 1.29 is 9.47 Å². The van der Waals surface area contributed by atoms with Crippen molar-refractivity contribution in [3.05, 3.63) is 22.7 Å². The first-order valence-corrected chi connectivity index (χ1v) is 6.17. The molecule has 1 aromatic carbocycles. The van der Waals surface area contributed by atoms with Crippen molar-refractivity contribution in [3.63, 3.8) is 0 Å². The molecule has 0 spiro atoms. The lowest BCUT2D eigenvalue weighted by atomic mass is 10.2. The van der Waals surface area contributed by atoms with Crippen LogP contribution in [0.15, 0.2) is 12.1 Å². The molecule has 1 rings (SSSR count). The first-order chi connectivity index (χ1) is 7.93. The standard InChI is InChI=1S/C13H20ClNO2/c1-8(2)16-12-6-11(14)13(17-9(3)4)5-10(12)7-15/h5-6,8-9H,7,15H2,1-4H3. The third kappa shape index (κ3) is 4.10. The summed E-state index contributed by atoms with van der Waals surface area (Å²) < 4.78 is 11.3. The van der Waals surface area contributed by atoms with E-state index in [1.54, 1.807) is 6.07 Å². The summed E-state index contributed by atoms with van der Waals surface area (Å²) in [5.74, 6) is 1.38. The normalized spacial score (nSPS) is 11.1. The summed E-state index contributed by atoms with van der Waals surface area (Å²) in [6.07, 6.45) is 0.170. The highest BCUT2D eigenvalue weighted by molar-refractivity contribution is 6.32. The van der Waals surface area contributed by atoms with Crippen molar-refractivity contribution >= 4 is 11.6 Å². The molecule has 0 saturated carbocycles. The summed E-state index contributed by atoms with van der Waals surface area (Å²) in [7, 11) is 0. The fourth-order valence-electron chi connectivity index (χ4n) is 1.44. The average Bonchev–Trinajstić information content (AvgIpc) is 2.20. The van der Waals surface area contributed by atoms with Crippen LogP contribution in [-0.4, -0.2) is 12.2 Å². The molecule has 4 heteroatoms. The lowest BCUT2D eigenvalue weighted by molar-refractivity contribution is 0.233.